The Kier molecular flexibility index (Phi) is 6.75. The van der Waals surface area contributed by atoms with E-state index < -0.39 is 28.9 Å². The van der Waals surface area contributed by atoms with Gasteiger partial charge in [0.1, 0.15) is 12.6 Å². The number of non-ortho nitro benzene ring substituents is 1. The monoisotopic (exact) mass is 445 g/mol. The van der Waals surface area contributed by atoms with Gasteiger partial charge in [-0.3, -0.25) is 19.8 Å². The standard InChI is InChI=1S/C20H19N3O7S/c24-18(21-14-3-1-2-13(8-14)19(25)26)17-9-16(31)10-22(17)20(27)30-11-12-4-6-15(7-5-12)23(28)29/h1-8,16-17,31H,9-11H2,(H,21,24)(H,25,26)/t16-,17-/m1/s1. The zero-order valence-electron chi connectivity index (χ0n) is 16.1. The smallest absolute Gasteiger partial charge is 0.410 e. The van der Waals surface area contributed by atoms with E-state index in [-0.39, 0.29) is 29.7 Å². The van der Waals surface area contributed by atoms with Crippen molar-refractivity contribution in [2.75, 3.05) is 11.9 Å². The molecule has 0 spiro atoms. The summed E-state index contributed by atoms with van der Waals surface area (Å²) in [6.07, 6.45) is -0.408. The first-order valence-electron chi connectivity index (χ1n) is 9.23. The van der Waals surface area contributed by atoms with Crippen LogP contribution in [0.2, 0.25) is 0 Å². The average Bonchev–Trinajstić information content (AvgIpc) is 3.14. The van der Waals surface area contributed by atoms with Gasteiger partial charge in [-0.1, -0.05) is 6.07 Å². The van der Waals surface area contributed by atoms with Crippen LogP contribution in [0.15, 0.2) is 48.5 Å². The molecule has 1 aliphatic rings. The lowest BCUT2D eigenvalue weighted by atomic mass is 10.1. The maximum Gasteiger partial charge on any atom is 0.410 e. The number of hydrogen-bond donors (Lipinski definition) is 3. The van der Waals surface area contributed by atoms with Crippen LogP contribution in [-0.2, 0) is 16.1 Å². The maximum absolute atomic E-state index is 12.7. The quantitative estimate of drug-likeness (QED) is 0.353. The molecule has 2 atom stereocenters. The minimum Gasteiger partial charge on any atom is -0.478 e. The predicted octanol–water partition coefficient (Wildman–Crippen LogP) is 2.94. The number of thiol groups is 1. The molecule has 1 aliphatic heterocycles. The number of carboxylic acid groups (broad SMARTS) is 1. The van der Waals surface area contributed by atoms with Crippen LogP contribution in [0, 0.1) is 10.1 Å². The first-order valence-corrected chi connectivity index (χ1v) is 9.75. The van der Waals surface area contributed by atoms with Gasteiger partial charge in [0.15, 0.2) is 0 Å². The Morgan fingerprint density at radius 2 is 1.94 bits per heavy atom. The van der Waals surface area contributed by atoms with Gasteiger partial charge in [-0.05, 0) is 42.3 Å². The second kappa shape index (κ2) is 9.47. The molecule has 2 amide bonds. The molecule has 0 aliphatic carbocycles. The van der Waals surface area contributed by atoms with Crippen LogP contribution in [0.4, 0.5) is 16.2 Å². The van der Waals surface area contributed by atoms with Crippen molar-refractivity contribution in [2.45, 2.75) is 24.3 Å². The highest BCUT2D eigenvalue weighted by atomic mass is 32.1. The molecule has 162 valence electrons. The maximum atomic E-state index is 12.7. The van der Waals surface area contributed by atoms with Gasteiger partial charge >= 0.3 is 12.1 Å². The molecule has 0 bridgehead atoms. The number of anilines is 1. The number of carboxylic acids is 1. The molecule has 0 radical (unpaired) electrons. The minimum absolute atomic E-state index is 0.0238. The van der Waals surface area contributed by atoms with Crippen LogP contribution in [0.5, 0.6) is 0 Å². The molecule has 0 aromatic heterocycles. The first kappa shape index (κ1) is 22.1. The lowest BCUT2D eigenvalue weighted by molar-refractivity contribution is -0.384. The highest BCUT2D eigenvalue weighted by molar-refractivity contribution is 7.81. The molecule has 10 nitrogen and oxygen atoms in total. The van der Waals surface area contributed by atoms with Crippen molar-refractivity contribution in [3.8, 4) is 0 Å². The van der Waals surface area contributed by atoms with Gasteiger partial charge in [0.25, 0.3) is 5.69 Å². The van der Waals surface area contributed by atoms with E-state index in [1.165, 1.54) is 47.4 Å². The molecule has 2 N–H and O–H groups in total. The summed E-state index contributed by atoms with van der Waals surface area (Å²) < 4.78 is 5.27. The highest BCUT2D eigenvalue weighted by Crippen LogP contribution is 2.25. The average molecular weight is 445 g/mol. The number of rotatable bonds is 6. The van der Waals surface area contributed by atoms with E-state index in [1.54, 1.807) is 6.07 Å². The summed E-state index contributed by atoms with van der Waals surface area (Å²) in [7, 11) is 0. The van der Waals surface area contributed by atoms with Crippen LogP contribution in [0.3, 0.4) is 0 Å². The highest BCUT2D eigenvalue weighted by Gasteiger charge is 2.39. The van der Waals surface area contributed by atoms with Crippen molar-refractivity contribution in [3.05, 3.63) is 69.8 Å². The number of likely N-dealkylation sites (tertiary alicyclic amines) is 1. The van der Waals surface area contributed by atoms with Crippen LogP contribution >= 0.6 is 12.6 Å². The molecular formula is C20H19N3O7S. The summed E-state index contributed by atoms with van der Waals surface area (Å²) in [5, 5.41) is 22.2. The van der Waals surface area contributed by atoms with Crippen molar-refractivity contribution < 1.29 is 29.2 Å². The fourth-order valence-electron chi connectivity index (χ4n) is 3.16. The molecular weight excluding hydrogens is 426 g/mol. The number of benzene rings is 2. The van der Waals surface area contributed by atoms with Crippen molar-refractivity contribution >= 4 is 42.0 Å². The van der Waals surface area contributed by atoms with Crippen molar-refractivity contribution in [1.29, 1.82) is 0 Å². The number of amides is 2. The van der Waals surface area contributed by atoms with E-state index in [0.29, 0.717) is 17.7 Å². The fraction of sp³-hybridized carbons (Fsp3) is 0.250. The summed E-state index contributed by atoms with van der Waals surface area (Å²) in [4.78, 5) is 47.8. The Balaban J connectivity index is 1.63. The van der Waals surface area contributed by atoms with Crippen LogP contribution in [0.1, 0.15) is 22.3 Å². The first-order chi connectivity index (χ1) is 14.7. The second-order valence-electron chi connectivity index (χ2n) is 6.91. The lowest BCUT2D eigenvalue weighted by Crippen LogP contribution is -2.43. The van der Waals surface area contributed by atoms with Gasteiger partial charge in [-0.25, -0.2) is 9.59 Å². The minimum atomic E-state index is -1.12. The van der Waals surface area contributed by atoms with Crippen LogP contribution in [0.25, 0.3) is 0 Å². The predicted molar refractivity (Wildman–Crippen MR) is 113 cm³/mol. The van der Waals surface area contributed by atoms with Gasteiger partial charge in [0, 0.05) is 29.6 Å². The van der Waals surface area contributed by atoms with E-state index in [2.05, 4.69) is 17.9 Å². The number of nitrogens with one attached hydrogen (secondary N) is 1. The third-order valence-electron chi connectivity index (χ3n) is 4.70. The van der Waals surface area contributed by atoms with Crippen molar-refractivity contribution in [2.24, 2.45) is 0 Å². The molecule has 1 fully saturated rings. The van der Waals surface area contributed by atoms with Gasteiger partial charge in [-0.2, -0.15) is 12.6 Å². The molecule has 31 heavy (non-hydrogen) atoms. The number of nitro benzene ring substituents is 1. The summed E-state index contributed by atoms with van der Waals surface area (Å²) >= 11 is 4.37. The van der Waals surface area contributed by atoms with Crippen molar-refractivity contribution in [3.63, 3.8) is 0 Å². The molecule has 0 unspecified atom stereocenters. The van der Waals surface area contributed by atoms with Crippen LogP contribution < -0.4 is 5.32 Å². The lowest BCUT2D eigenvalue weighted by Gasteiger charge is -2.23. The number of nitro groups is 1. The van der Waals surface area contributed by atoms with Gasteiger partial charge in [-0.15, -0.1) is 0 Å². The number of aromatic carboxylic acids is 1. The van der Waals surface area contributed by atoms with E-state index in [0.717, 1.165) is 0 Å². The molecule has 2 aromatic rings. The molecule has 1 saturated heterocycles. The number of nitrogens with zero attached hydrogens (tertiary/aromatic N) is 2. The van der Waals surface area contributed by atoms with E-state index in [4.69, 9.17) is 9.84 Å². The summed E-state index contributed by atoms with van der Waals surface area (Å²) in [6.45, 7) is 0.0923. The third-order valence-corrected chi connectivity index (χ3v) is 5.08. The molecule has 11 heteroatoms. The van der Waals surface area contributed by atoms with Gasteiger partial charge in [0.2, 0.25) is 5.91 Å². The Labute approximate surface area is 182 Å². The fourth-order valence-corrected chi connectivity index (χ4v) is 3.54. The molecule has 1 heterocycles. The number of hydrogen-bond acceptors (Lipinski definition) is 7. The van der Waals surface area contributed by atoms with E-state index in [9.17, 15) is 24.5 Å². The normalized spacial score (nSPS) is 17.8. The zero-order valence-corrected chi connectivity index (χ0v) is 17.0. The Morgan fingerprint density at radius 3 is 2.58 bits per heavy atom. The van der Waals surface area contributed by atoms with Crippen LogP contribution in [-0.4, -0.2) is 50.7 Å². The van der Waals surface area contributed by atoms with Gasteiger partial charge < -0.3 is 15.2 Å². The topological polar surface area (TPSA) is 139 Å². The summed E-state index contributed by atoms with van der Waals surface area (Å²) in [5.41, 5.74) is 0.811. The number of carbonyl (C=O) groups is 3. The van der Waals surface area contributed by atoms with Crippen molar-refractivity contribution in [1.82, 2.24) is 4.90 Å². The second-order valence-corrected chi connectivity index (χ2v) is 7.64. The largest absolute Gasteiger partial charge is 0.478 e. The SMILES string of the molecule is O=C(O)c1cccc(NC(=O)[C@H]2C[C@@H](S)CN2C(=O)OCc2ccc([N+](=O)[O-])cc2)c1. The summed E-state index contributed by atoms with van der Waals surface area (Å²) in [5.74, 6) is -1.60. The molecule has 2 aromatic carbocycles. The van der Waals surface area contributed by atoms with E-state index in [1.807, 2.05) is 0 Å². The molecule has 3 rings (SSSR count). The van der Waals surface area contributed by atoms with Gasteiger partial charge in [0.05, 0.1) is 10.5 Å². The number of ether oxygens (including phenoxy) is 1. The number of carbonyl (C=O) groups excluding carboxylic acids is 2. The Morgan fingerprint density at radius 1 is 1.23 bits per heavy atom. The van der Waals surface area contributed by atoms with E-state index >= 15 is 0 Å². The molecule has 0 saturated carbocycles. The third kappa shape index (κ3) is 5.51. The Hall–Kier alpha value is -3.60. The Bertz CT molecular complexity index is 1010. The zero-order chi connectivity index (χ0) is 22.5. The summed E-state index contributed by atoms with van der Waals surface area (Å²) in [6, 6.07) is 10.5.